The van der Waals surface area contributed by atoms with E-state index in [9.17, 15) is 9.59 Å². The largest absolute Gasteiger partial charge is 0.467 e. The van der Waals surface area contributed by atoms with Gasteiger partial charge in [-0.3, -0.25) is 9.79 Å². The van der Waals surface area contributed by atoms with Crippen LogP contribution in [0, 0.1) is 5.92 Å². The van der Waals surface area contributed by atoms with E-state index in [1.165, 1.54) is 7.11 Å². The fraction of sp³-hybridized carbons (Fsp3) is 0.750. The molecule has 0 bridgehead atoms. The van der Waals surface area contributed by atoms with Crippen molar-refractivity contribution in [3.63, 3.8) is 0 Å². The molecule has 0 spiro atoms. The summed E-state index contributed by atoms with van der Waals surface area (Å²) in [5.41, 5.74) is 10.4. The van der Waals surface area contributed by atoms with E-state index in [1.807, 2.05) is 13.8 Å². The van der Waals surface area contributed by atoms with E-state index in [0.29, 0.717) is 25.8 Å². The summed E-state index contributed by atoms with van der Waals surface area (Å²) in [6.45, 7) is 4.28. The molecule has 0 aromatic heterocycles. The van der Waals surface area contributed by atoms with Crippen LogP contribution in [-0.4, -0.2) is 37.5 Å². The topological polar surface area (TPSA) is 120 Å². The van der Waals surface area contributed by atoms with E-state index in [4.69, 9.17) is 11.5 Å². The highest BCUT2D eigenvalue weighted by molar-refractivity contribution is 5.84. The molecule has 0 fully saturated rings. The monoisotopic (exact) mass is 272 g/mol. The summed E-state index contributed by atoms with van der Waals surface area (Å²) in [5.74, 6) is -0.368. The van der Waals surface area contributed by atoms with Crippen molar-refractivity contribution < 1.29 is 14.3 Å². The number of amides is 1. The van der Waals surface area contributed by atoms with E-state index in [1.54, 1.807) is 0 Å². The minimum atomic E-state index is -0.648. The first-order chi connectivity index (χ1) is 8.86. The van der Waals surface area contributed by atoms with Crippen molar-refractivity contribution in [2.45, 2.75) is 39.2 Å². The van der Waals surface area contributed by atoms with Crippen LogP contribution in [0.4, 0.5) is 0 Å². The number of nitrogens with two attached hydrogens (primary N) is 2. The molecule has 19 heavy (non-hydrogen) atoms. The van der Waals surface area contributed by atoms with E-state index in [2.05, 4.69) is 15.0 Å². The second kappa shape index (κ2) is 9.18. The van der Waals surface area contributed by atoms with Crippen molar-refractivity contribution in [1.82, 2.24) is 5.32 Å². The molecular formula is C12H24N4O3. The summed E-state index contributed by atoms with van der Waals surface area (Å²) in [5, 5.41) is 2.66. The number of guanidine groups is 1. The Balaban J connectivity index is 4.27. The van der Waals surface area contributed by atoms with Gasteiger partial charge in [0.25, 0.3) is 0 Å². The first-order valence-electron chi connectivity index (χ1n) is 6.29. The van der Waals surface area contributed by atoms with Crippen molar-refractivity contribution in [3.05, 3.63) is 0 Å². The number of ether oxygens (including phenoxy) is 1. The number of hydrogen-bond acceptors (Lipinski definition) is 4. The number of methoxy groups -OCH3 is 1. The minimum Gasteiger partial charge on any atom is -0.467 e. The van der Waals surface area contributed by atoms with Gasteiger partial charge in [0.2, 0.25) is 5.91 Å². The number of esters is 1. The molecule has 0 heterocycles. The van der Waals surface area contributed by atoms with Gasteiger partial charge in [0.05, 0.1) is 7.11 Å². The summed E-state index contributed by atoms with van der Waals surface area (Å²) < 4.78 is 4.66. The van der Waals surface area contributed by atoms with Gasteiger partial charge >= 0.3 is 5.97 Å². The van der Waals surface area contributed by atoms with Crippen LogP contribution >= 0.6 is 0 Å². The molecule has 0 aliphatic heterocycles. The average molecular weight is 272 g/mol. The standard InChI is InChI=1S/C12H24N4O3/c1-8(2)7-10(17)16-9(11(18)19-3)5-4-6-15-12(13)14/h8-9H,4-7H2,1-3H3,(H,16,17)(H4,13,14,15). The minimum absolute atomic E-state index is 0.0125. The van der Waals surface area contributed by atoms with Crippen LogP contribution in [0.25, 0.3) is 0 Å². The number of carbonyl (C=O) groups excluding carboxylic acids is 2. The van der Waals surface area contributed by atoms with Gasteiger partial charge in [0.15, 0.2) is 5.96 Å². The number of carbonyl (C=O) groups is 2. The maximum Gasteiger partial charge on any atom is 0.328 e. The van der Waals surface area contributed by atoms with Gasteiger partial charge in [0.1, 0.15) is 6.04 Å². The van der Waals surface area contributed by atoms with Gasteiger partial charge in [-0.15, -0.1) is 0 Å². The van der Waals surface area contributed by atoms with Gasteiger partial charge in [-0.25, -0.2) is 4.79 Å². The van der Waals surface area contributed by atoms with Crippen LogP contribution in [0.5, 0.6) is 0 Å². The number of aliphatic imine (C=N–C) groups is 1. The molecule has 1 atom stereocenters. The number of nitrogens with one attached hydrogen (secondary N) is 1. The molecule has 1 amide bonds. The maximum absolute atomic E-state index is 11.6. The maximum atomic E-state index is 11.6. The molecule has 1 unspecified atom stereocenters. The molecule has 0 aliphatic rings. The zero-order chi connectivity index (χ0) is 14.8. The van der Waals surface area contributed by atoms with Crippen LogP contribution in [0.3, 0.4) is 0 Å². The normalized spacial score (nSPS) is 11.8. The predicted molar refractivity (Wildman–Crippen MR) is 73.3 cm³/mol. The SMILES string of the molecule is COC(=O)C(CCCN=C(N)N)NC(=O)CC(C)C. The van der Waals surface area contributed by atoms with Crippen molar-refractivity contribution >= 4 is 17.8 Å². The first-order valence-corrected chi connectivity index (χ1v) is 6.29. The van der Waals surface area contributed by atoms with Crippen molar-refractivity contribution in [2.24, 2.45) is 22.4 Å². The Morgan fingerprint density at radius 3 is 2.42 bits per heavy atom. The predicted octanol–water partition coefficient (Wildman–Crippen LogP) is -0.256. The summed E-state index contributed by atoms with van der Waals surface area (Å²) in [6, 6.07) is -0.648. The van der Waals surface area contributed by atoms with Gasteiger partial charge < -0.3 is 21.5 Å². The second-order valence-electron chi connectivity index (χ2n) is 4.69. The quantitative estimate of drug-likeness (QED) is 0.243. The molecule has 7 nitrogen and oxygen atoms in total. The number of nitrogens with zero attached hydrogens (tertiary/aromatic N) is 1. The fourth-order valence-corrected chi connectivity index (χ4v) is 1.52. The first kappa shape index (κ1) is 17.2. The molecule has 0 saturated carbocycles. The van der Waals surface area contributed by atoms with Crippen LogP contribution in [0.1, 0.15) is 33.1 Å². The molecule has 0 radical (unpaired) electrons. The van der Waals surface area contributed by atoms with Gasteiger partial charge in [0, 0.05) is 13.0 Å². The Morgan fingerprint density at radius 1 is 1.32 bits per heavy atom. The highest BCUT2D eigenvalue weighted by atomic mass is 16.5. The molecule has 0 aliphatic carbocycles. The van der Waals surface area contributed by atoms with Crippen molar-refractivity contribution in [2.75, 3.05) is 13.7 Å². The third-order valence-corrected chi connectivity index (χ3v) is 2.36. The molecule has 110 valence electrons. The zero-order valence-electron chi connectivity index (χ0n) is 11.8. The summed E-state index contributed by atoms with van der Waals surface area (Å²) in [7, 11) is 1.29. The van der Waals surface area contributed by atoms with Gasteiger partial charge in [-0.05, 0) is 18.8 Å². The third-order valence-electron chi connectivity index (χ3n) is 2.36. The summed E-state index contributed by atoms with van der Waals surface area (Å²) >= 11 is 0. The van der Waals surface area contributed by atoms with Crippen LogP contribution < -0.4 is 16.8 Å². The average Bonchev–Trinajstić information content (AvgIpc) is 2.30. The molecule has 5 N–H and O–H groups in total. The Kier molecular flexibility index (Phi) is 8.32. The van der Waals surface area contributed by atoms with E-state index in [0.717, 1.165) is 0 Å². The van der Waals surface area contributed by atoms with Crippen molar-refractivity contribution in [3.8, 4) is 0 Å². The number of hydrogen-bond donors (Lipinski definition) is 3. The molecule has 7 heteroatoms. The lowest BCUT2D eigenvalue weighted by Crippen LogP contribution is -2.42. The number of rotatable bonds is 8. The molecule has 0 saturated heterocycles. The van der Waals surface area contributed by atoms with E-state index in [-0.39, 0.29) is 17.8 Å². The Morgan fingerprint density at radius 2 is 1.95 bits per heavy atom. The highest BCUT2D eigenvalue weighted by Gasteiger charge is 2.21. The van der Waals surface area contributed by atoms with Gasteiger partial charge in [-0.1, -0.05) is 13.8 Å². The van der Waals surface area contributed by atoms with Crippen LogP contribution in [0.15, 0.2) is 4.99 Å². The summed E-state index contributed by atoms with van der Waals surface area (Å²) in [6.07, 6.45) is 1.40. The molecule has 0 rings (SSSR count). The smallest absolute Gasteiger partial charge is 0.328 e. The Bertz CT molecular complexity index is 325. The highest BCUT2D eigenvalue weighted by Crippen LogP contribution is 2.04. The lowest BCUT2D eigenvalue weighted by molar-refractivity contribution is -0.145. The van der Waals surface area contributed by atoms with Crippen molar-refractivity contribution in [1.29, 1.82) is 0 Å². The van der Waals surface area contributed by atoms with E-state index < -0.39 is 12.0 Å². The Labute approximate surface area is 113 Å². The summed E-state index contributed by atoms with van der Waals surface area (Å²) in [4.78, 5) is 27.0. The molecule has 0 aromatic carbocycles. The van der Waals surface area contributed by atoms with Gasteiger partial charge in [-0.2, -0.15) is 0 Å². The molecular weight excluding hydrogens is 248 g/mol. The fourth-order valence-electron chi connectivity index (χ4n) is 1.52. The van der Waals surface area contributed by atoms with Crippen LogP contribution in [-0.2, 0) is 14.3 Å². The lowest BCUT2D eigenvalue weighted by atomic mass is 10.1. The lowest BCUT2D eigenvalue weighted by Gasteiger charge is -2.16. The van der Waals surface area contributed by atoms with E-state index >= 15 is 0 Å². The van der Waals surface area contributed by atoms with Crippen LogP contribution in [0.2, 0.25) is 0 Å². The molecule has 0 aromatic rings. The second-order valence-corrected chi connectivity index (χ2v) is 4.69. The zero-order valence-corrected chi connectivity index (χ0v) is 11.8. The Hall–Kier alpha value is -1.79. The third kappa shape index (κ3) is 8.87.